The summed E-state index contributed by atoms with van der Waals surface area (Å²) < 4.78 is 6.17. The number of thiocarbonyl (C=S) groups is 1. The first-order chi connectivity index (χ1) is 15.4. The summed E-state index contributed by atoms with van der Waals surface area (Å²) in [7, 11) is 0. The van der Waals surface area contributed by atoms with Crippen LogP contribution in [-0.4, -0.2) is 35.2 Å². The van der Waals surface area contributed by atoms with Crippen LogP contribution in [-0.2, 0) is 20.7 Å². The normalized spacial score (nSPS) is 27.7. The number of ether oxygens (including phenoxy) is 1. The van der Waals surface area contributed by atoms with Crippen LogP contribution in [0.2, 0.25) is 0 Å². The molecular formula is C25H25N3O3S. The molecule has 4 atom stereocenters. The molecule has 2 aromatic rings. The SMILES string of the molecule is CCc1ccc(NC(=S)NC[C@@]23C=C[C@@H](O2)[C@H]2C(=O)N(c4ccc(C)cc4)C(=O)[C@H]23)cc1. The fourth-order valence-electron chi connectivity index (χ4n) is 4.87. The molecule has 3 aliphatic rings. The molecule has 0 aliphatic carbocycles. The summed E-state index contributed by atoms with van der Waals surface area (Å²) in [5.74, 6) is -1.48. The number of nitrogens with zero attached hydrogens (tertiary/aromatic N) is 1. The molecule has 164 valence electrons. The van der Waals surface area contributed by atoms with E-state index in [9.17, 15) is 9.59 Å². The molecule has 6 nitrogen and oxygen atoms in total. The minimum absolute atomic E-state index is 0.197. The minimum Gasteiger partial charge on any atom is -0.360 e. The zero-order valence-corrected chi connectivity index (χ0v) is 18.8. The lowest BCUT2D eigenvalue weighted by molar-refractivity contribution is -0.126. The summed E-state index contributed by atoms with van der Waals surface area (Å²) in [5.41, 5.74) is 2.93. The van der Waals surface area contributed by atoms with Crippen molar-refractivity contribution in [3.05, 3.63) is 71.8 Å². The van der Waals surface area contributed by atoms with Gasteiger partial charge in [0.2, 0.25) is 11.8 Å². The second-order valence-corrected chi connectivity index (χ2v) is 9.01. The zero-order valence-electron chi connectivity index (χ0n) is 18.0. The number of carbonyl (C=O) groups is 2. The Morgan fingerprint density at radius 1 is 1.09 bits per heavy atom. The van der Waals surface area contributed by atoms with Crippen LogP contribution in [0, 0.1) is 18.8 Å². The number of nitrogens with one attached hydrogen (secondary N) is 2. The van der Waals surface area contributed by atoms with Crippen molar-refractivity contribution in [2.24, 2.45) is 11.8 Å². The van der Waals surface area contributed by atoms with Gasteiger partial charge in [0.15, 0.2) is 5.11 Å². The Bertz CT molecular complexity index is 1110. The first-order valence-electron chi connectivity index (χ1n) is 10.9. The van der Waals surface area contributed by atoms with E-state index in [0.717, 1.165) is 17.7 Å². The maximum Gasteiger partial charge on any atom is 0.241 e. The highest BCUT2D eigenvalue weighted by Gasteiger charge is 2.67. The van der Waals surface area contributed by atoms with E-state index >= 15 is 0 Å². The Morgan fingerprint density at radius 3 is 2.50 bits per heavy atom. The summed E-state index contributed by atoms with van der Waals surface area (Å²) in [4.78, 5) is 27.9. The lowest BCUT2D eigenvalue weighted by Gasteiger charge is -2.29. The van der Waals surface area contributed by atoms with E-state index in [-0.39, 0.29) is 11.8 Å². The highest BCUT2D eigenvalue weighted by Crippen LogP contribution is 2.52. The van der Waals surface area contributed by atoms with Crippen LogP contribution in [0.25, 0.3) is 0 Å². The molecule has 2 N–H and O–H groups in total. The molecule has 2 saturated heterocycles. The van der Waals surface area contributed by atoms with Gasteiger partial charge >= 0.3 is 0 Å². The minimum atomic E-state index is -0.890. The van der Waals surface area contributed by atoms with Crippen molar-refractivity contribution in [1.29, 1.82) is 0 Å². The van der Waals surface area contributed by atoms with Crippen molar-refractivity contribution in [3.8, 4) is 0 Å². The van der Waals surface area contributed by atoms with E-state index in [0.29, 0.717) is 17.3 Å². The number of benzene rings is 2. The van der Waals surface area contributed by atoms with Gasteiger partial charge in [-0.3, -0.25) is 9.59 Å². The number of rotatable bonds is 5. The highest BCUT2D eigenvalue weighted by atomic mass is 32.1. The second-order valence-electron chi connectivity index (χ2n) is 8.61. The molecule has 0 radical (unpaired) electrons. The van der Waals surface area contributed by atoms with Crippen molar-refractivity contribution < 1.29 is 14.3 Å². The maximum absolute atomic E-state index is 13.4. The van der Waals surface area contributed by atoms with Gasteiger partial charge < -0.3 is 15.4 Å². The van der Waals surface area contributed by atoms with E-state index < -0.39 is 23.5 Å². The van der Waals surface area contributed by atoms with Crippen molar-refractivity contribution in [2.75, 3.05) is 16.8 Å². The molecule has 0 aromatic heterocycles. The van der Waals surface area contributed by atoms with E-state index in [1.54, 1.807) is 0 Å². The van der Waals surface area contributed by atoms with E-state index in [1.807, 2.05) is 55.5 Å². The third kappa shape index (κ3) is 3.32. The zero-order chi connectivity index (χ0) is 22.5. The molecule has 5 rings (SSSR count). The van der Waals surface area contributed by atoms with Crippen LogP contribution in [0.1, 0.15) is 18.1 Å². The maximum atomic E-state index is 13.4. The number of aryl methyl sites for hydroxylation is 2. The number of carbonyl (C=O) groups excluding carboxylic acids is 2. The molecule has 2 bridgehead atoms. The molecule has 0 saturated carbocycles. The lowest BCUT2D eigenvalue weighted by atomic mass is 9.77. The Labute approximate surface area is 192 Å². The Balaban J connectivity index is 1.31. The number of hydrogen-bond acceptors (Lipinski definition) is 4. The van der Waals surface area contributed by atoms with Gasteiger partial charge in [0, 0.05) is 5.69 Å². The molecule has 2 amide bonds. The summed E-state index contributed by atoms with van der Waals surface area (Å²) >= 11 is 5.46. The molecule has 3 aliphatic heterocycles. The van der Waals surface area contributed by atoms with Crippen LogP contribution in [0.15, 0.2) is 60.7 Å². The first kappa shape index (κ1) is 20.8. The van der Waals surface area contributed by atoms with Crippen molar-refractivity contribution in [2.45, 2.75) is 32.0 Å². The highest BCUT2D eigenvalue weighted by molar-refractivity contribution is 7.80. The van der Waals surface area contributed by atoms with E-state index in [1.165, 1.54) is 10.5 Å². The van der Waals surface area contributed by atoms with Gasteiger partial charge in [-0.1, -0.05) is 48.9 Å². The molecule has 32 heavy (non-hydrogen) atoms. The lowest BCUT2D eigenvalue weighted by Crippen LogP contribution is -2.49. The Morgan fingerprint density at radius 2 is 1.81 bits per heavy atom. The fraction of sp³-hybridized carbons (Fsp3) is 0.320. The van der Waals surface area contributed by atoms with Crippen LogP contribution >= 0.6 is 12.2 Å². The van der Waals surface area contributed by atoms with Gasteiger partial charge in [0.05, 0.1) is 30.2 Å². The molecule has 0 spiro atoms. The quantitative estimate of drug-likeness (QED) is 0.416. The Hall–Kier alpha value is -3.03. The molecule has 2 aromatic carbocycles. The third-order valence-electron chi connectivity index (χ3n) is 6.59. The standard InChI is InChI=1S/C25H25N3O3S/c1-3-16-6-8-17(9-7-16)27-24(32)26-14-25-13-12-19(31-25)20-21(25)23(30)28(22(20)29)18-10-4-15(2)5-11-18/h4-13,19-21H,3,14H2,1-2H3,(H2,26,27,32)/t19-,20-,21+,25-/m1/s1. The number of hydrogen-bond donors (Lipinski definition) is 2. The molecule has 3 heterocycles. The second kappa shape index (κ2) is 7.83. The molecule has 2 fully saturated rings. The largest absolute Gasteiger partial charge is 0.360 e. The number of imide groups is 1. The van der Waals surface area contributed by atoms with Gasteiger partial charge in [0.25, 0.3) is 0 Å². The average Bonchev–Trinajstić information content (AvgIpc) is 3.44. The first-order valence-corrected chi connectivity index (χ1v) is 11.3. The topological polar surface area (TPSA) is 70.7 Å². The van der Waals surface area contributed by atoms with Crippen LogP contribution in [0.3, 0.4) is 0 Å². The van der Waals surface area contributed by atoms with Gasteiger partial charge in [-0.25, -0.2) is 4.90 Å². The number of anilines is 2. The van der Waals surface area contributed by atoms with Crippen molar-refractivity contribution >= 4 is 40.5 Å². The van der Waals surface area contributed by atoms with Crippen LogP contribution in [0.4, 0.5) is 11.4 Å². The average molecular weight is 448 g/mol. The van der Waals surface area contributed by atoms with Gasteiger partial charge in [-0.05, 0) is 55.4 Å². The van der Waals surface area contributed by atoms with Gasteiger partial charge in [-0.2, -0.15) is 0 Å². The summed E-state index contributed by atoms with van der Waals surface area (Å²) in [6.07, 6.45) is 4.39. The summed E-state index contributed by atoms with van der Waals surface area (Å²) in [5, 5.41) is 6.81. The summed E-state index contributed by atoms with van der Waals surface area (Å²) in [6, 6.07) is 15.5. The van der Waals surface area contributed by atoms with Crippen LogP contribution in [0.5, 0.6) is 0 Å². The smallest absolute Gasteiger partial charge is 0.241 e. The van der Waals surface area contributed by atoms with E-state index in [2.05, 4.69) is 29.7 Å². The van der Waals surface area contributed by atoms with Gasteiger partial charge in [0.1, 0.15) is 5.60 Å². The monoisotopic (exact) mass is 447 g/mol. The van der Waals surface area contributed by atoms with E-state index in [4.69, 9.17) is 17.0 Å². The predicted octanol–water partition coefficient (Wildman–Crippen LogP) is 3.36. The number of fused-ring (bicyclic) bond motifs is 5. The number of amides is 2. The molecule has 0 unspecified atom stereocenters. The predicted molar refractivity (Wildman–Crippen MR) is 127 cm³/mol. The van der Waals surface area contributed by atoms with Crippen molar-refractivity contribution in [3.63, 3.8) is 0 Å². The molecular weight excluding hydrogens is 422 g/mol. The molecule has 7 heteroatoms. The third-order valence-corrected chi connectivity index (χ3v) is 6.84. The summed E-state index contributed by atoms with van der Waals surface area (Å²) in [6.45, 7) is 4.39. The Kier molecular flexibility index (Phi) is 5.10. The van der Waals surface area contributed by atoms with Crippen LogP contribution < -0.4 is 15.5 Å². The fourth-order valence-corrected chi connectivity index (χ4v) is 5.06. The van der Waals surface area contributed by atoms with Crippen molar-refractivity contribution in [1.82, 2.24) is 5.32 Å². The van der Waals surface area contributed by atoms with Gasteiger partial charge in [-0.15, -0.1) is 0 Å².